The zero-order chi connectivity index (χ0) is 22.4. The molecule has 10 heteroatoms. The molecule has 0 radical (unpaired) electrons. The van der Waals surface area contributed by atoms with Crippen LogP contribution in [0.2, 0.25) is 0 Å². The summed E-state index contributed by atoms with van der Waals surface area (Å²) in [5, 5.41) is 14.5. The summed E-state index contributed by atoms with van der Waals surface area (Å²) in [5.41, 5.74) is 2.02. The van der Waals surface area contributed by atoms with Gasteiger partial charge in [-0.1, -0.05) is 17.8 Å². The molecule has 0 atom stereocenters. The molecule has 0 aliphatic heterocycles. The second kappa shape index (κ2) is 9.98. The van der Waals surface area contributed by atoms with Crippen LogP contribution in [0.25, 0.3) is 5.69 Å². The van der Waals surface area contributed by atoms with Crippen LogP contribution >= 0.6 is 11.8 Å². The standard InChI is InChI=1S/C21H23N5O4S/c1-13-24-25-21(26(13)17-7-5-6-15(8-17)22-14(2)27)31-12-20(28)23-16-9-18(29-3)11-19(10-16)30-4/h5-11H,12H2,1-4H3,(H,22,27)(H,23,28). The average molecular weight is 442 g/mol. The highest BCUT2D eigenvalue weighted by Crippen LogP contribution is 2.27. The fourth-order valence-corrected chi connectivity index (χ4v) is 3.66. The maximum atomic E-state index is 12.5. The number of benzene rings is 2. The number of ether oxygens (including phenoxy) is 2. The van der Waals surface area contributed by atoms with E-state index in [0.717, 1.165) is 5.69 Å². The molecule has 0 saturated carbocycles. The third kappa shape index (κ3) is 5.76. The van der Waals surface area contributed by atoms with Crippen LogP contribution in [-0.4, -0.2) is 46.6 Å². The summed E-state index contributed by atoms with van der Waals surface area (Å²) in [4.78, 5) is 23.8. The molecule has 9 nitrogen and oxygen atoms in total. The number of hydrogen-bond donors (Lipinski definition) is 2. The van der Waals surface area contributed by atoms with Crippen LogP contribution in [-0.2, 0) is 9.59 Å². The van der Waals surface area contributed by atoms with E-state index in [1.807, 2.05) is 29.7 Å². The number of nitrogens with zero attached hydrogens (tertiary/aromatic N) is 3. The van der Waals surface area contributed by atoms with Gasteiger partial charge in [-0.15, -0.1) is 10.2 Å². The summed E-state index contributed by atoms with van der Waals surface area (Å²) in [6.45, 7) is 3.28. The molecule has 0 aliphatic rings. The summed E-state index contributed by atoms with van der Waals surface area (Å²) >= 11 is 1.26. The van der Waals surface area contributed by atoms with Gasteiger partial charge in [0.25, 0.3) is 0 Å². The first-order valence-electron chi connectivity index (χ1n) is 9.35. The van der Waals surface area contributed by atoms with Crippen LogP contribution in [0.3, 0.4) is 0 Å². The van der Waals surface area contributed by atoms with E-state index in [9.17, 15) is 9.59 Å². The van der Waals surface area contributed by atoms with Gasteiger partial charge in [-0.2, -0.15) is 0 Å². The van der Waals surface area contributed by atoms with Crippen LogP contribution in [0.1, 0.15) is 12.7 Å². The average Bonchev–Trinajstić information content (AvgIpc) is 3.12. The van der Waals surface area contributed by atoms with E-state index in [1.54, 1.807) is 38.5 Å². The Morgan fingerprint density at radius 1 is 1.00 bits per heavy atom. The van der Waals surface area contributed by atoms with Gasteiger partial charge in [0.05, 0.1) is 25.7 Å². The minimum Gasteiger partial charge on any atom is -0.497 e. The van der Waals surface area contributed by atoms with Crippen molar-refractivity contribution < 1.29 is 19.1 Å². The third-order valence-electron chi connectivity index (χ3n) is 4.19. The van der Waals surface area contributed by atoms with E-state index in [0.29, 0.717) is 33.9 Å². The van der Waals surface area contributed by atoms with Gasteiger partial charge in [0.1, 0.15) is 17.3 Å². The summed E-state index contributed by atoms with van der Waals surface area (Å²) in [5.74, 6) is 1.59. The summed E-state index contributed by atoms with van der Waals surface area (Å²) in [7, 11) is 3.10. The van der Waals surface area contributed by atoms with Gasteiger partial charge in [-0.05, 0) is 25.1 Å². The van der Waals surface area contributed by atoms with Crippen molar-refractivity contribution in [3.63, 3.8) is 0 Å². The van der Waals surface area contributed by atoms with E-state index < -0.39 is 0 Å². The van der Waals surface area contributed by atoms with Crippen molar-refractivity contribution in [1.29, 1.82) is 0 Å². The minimum absolute atomic E-state index is 0.128. The number of amides is 2. The number of rotatable bonds is 8. The van der Waals surface area contributed by atoms with E-state index >= 15 is 0 Å². The lowest BCUT2D eigenvalue weighted by Crippen LogP contribution is -2.15. The molecule has 3 aromatic rings. The molecule has 0 aliphatic carbocycles. The largest absolute Gasteiger partial charge is 0.497 e. The molecule has 0 bridgehead atoms. The maximum Gasteiger partial charge on any atom is 0.234 e. The van der Waals surface area contributed by atoms with Crippen molar-refractivity contribution in [2.45, 2.75) is 19.0 Å². The normalized spacial score (nSPS) is 10.5. The van der Waals surface area contributed by atoms with Gasteiger partial charge in [-0.3, -0.25) is 14.2 Å². The lowest BCUT2D eigenvalue weighted by Gasteiger charge is -2.11. The Kier molecular flexibility index (Phi) is 7.14. The Balaban J connectivity index is 1.72. The molecule has 0 saturated heterocycles. The molecule has 2 aromatic carbocycles. The van der Waals surface area contributed by atoms with Crippen molar-refractivity contribution in [3.8, 4) is 17.2 Å². The van der Waals surface area contributed by atoms with Gasteiger partial charge < -0.3 is 20.1 Å². The zero-order valence-corrected chi connectivity index (χ0v) is 18.4. The highest BCUT2D eigenvalue weighted by molar-refractivity contribution is 7.99. The molecule has 31 heavy (non-hydrogen) atoms. The number of methoxy groups -OCH3 is 2. The van der Waals surface area contributed by atoms with E-state index in [1.165, 1.54) is 18.7 Å². The Morgan fingerprint density at radius 3 is 2.35 bits per heavy atom. The predicted octanol–water partition coefficient (Wildman–Crippen LogP) is 3.28. The second-order valence-corrected chi connectivity index (χ2v) is 7.48. The Bertz CT molecular complexity index is 1080. The third-order valence-corrected chi connectivity index (χ3v) is 5.12. The molecule has 162 valence electrons. The highest BCUT2D eigenvalue weighted by atomic mass is 32.2. The molecule has 1 heterocycles. The number of carbonyl (C=O) groups excluding carboxylic acids is 2. The van der Waals surface area contributed by atoms with Gasteiger partial charge in [0.15, 0.2) is 5.16 Å². The fourth-order valence-electron chi connectivity index (χ4n) is 2.87. The highest BCUT2D eigenvalue weighted by Gasteiger charge is 2.14. The van der Waals surface area contributed by atoms with Crippen molar-refractivity contribution in [1.82, 2.24) is 14.8 Å². The quantitative estimate of drug-likeness (QED) is 0.517. The lowest BCUT2D eigenvalue weighted by molar-refractivity contribution is -0.114. The van der Waals surface area contributed by atoms with Crippen LogP contribution in [0.4, 0.5) is 11.4 Å². The van der Waals surface area contributed by atoms with Crippen LogP contribution in [0, 0.1) is 6.92 Å². The maximum absolute atomic E-state index is 12.5. The van der Waals surface area contributed by atoms with E-state index in [-0.39, 0.29) is 17.6 Å². The van der Waals surface area contributed by atoms with E-state index in [4.69, 9.17) is 9.47 Å². The van der Waals surface area contributed by atoms with Gasteiger partial charge in [0, 0.05) is 36.5 Å². The van der Waals surface area contributed by atoms with Gasteiger partial charge in [-0.25, -0.2) is 0 Å². The molecular weight excluding hydrogens is 418 g/mol. The lowest BCUT2D eigenvalue weighted by atomic mass is 10.2. The smallest absolute Gasteiger partial charge is 0.234 e. The van der Waals surface area contributed by atoms with Gasteiger partial charge in [0.2, 0.25) is 11.8 Å². The molecule has 0 unspecified atom stereocenters. The molecule has 2 amide bonds. The van der Waals surface area contributed by atoms with Crippen LogP contribution in [0.15, 0.2) is 47.6 Å². The number of anilines is 2. The summed E-state index contributed by atoms with van der Waals surface area (Å²) in [6.07, 6.45) is 0. The van der Waals surface area contributed by atoms with Crippen LogP contribution in [0.5, 0.6) is 11.5 Å². The van der Waals surface area contributed by atoms with Crippen molar-refractivity contribution in [3.05, 3.63) is 48.3 Å². The molecule has 2 N–H and O–H groups in total. The number of aromatic nitrogens is 3. The first-order chi connectivity index (χ1) is 14.9. The van der Waals surface area contributed by atoms with Gasteiger partial charge >= 0.3 is 0 Å². The molecule has 3 rings (SSSR count). The number of thioether (sulfide) groups is 1. The van der Waals surface area contributed by atoms with Crippen LogP contribution < -0.4 is 20.1 Å². The number of nitrogens with one attached hydrogen (secondary N) is 2. The van der Waals surface area contributed by atoms with E-state index in [2.05, 4.69) is 20.8 Å². The molecule has 1 aromatic heterocycles. The molecule has 0 fully saturated rings. The second-order valence-electron chi connectivity index (χ2n) is 6.53. The van der Waals surface area contributed by atoms with Crippen molar-refractivity contribution in [2.24, 2.45) is 0 Å². The summed E-state index contributed by atoms with van der Waals surface area (Å²) < 4.78 is 12.3. The molecule has 0 spiro atoms. The number of carbonyl (C=O) groups is 2. The molecular formula is C21H23N5O4S. The minimum atomic E-state index is -0.209. The van der Waals surface area contributed by atoms with Crippen molar-refractivity contribution >= 4 is 35.0 Å². The number of aryl methyl sites for hydroxylation is 1. The topological polar surface area (TPSA) is 107 Å². The first kappa shape index (κ1) is 22.2. The first-order valence-corrected chi connectivity index (χ1v) is 10.3. The summed E-state index contributed by atoms with van der Waals surface area (Å²) in [6, 6.07) is 12.5. The van der Waals surface area contributed by atoms with Crippen molar-refractivity contribution in [2.75, 3.05) is 30.6 Å². The fraction of sp³-hybridized carbons (Fsp3) is 0.238. The Labute approximate surface area is 184 Å². The number of hydrogen-bond acceptors (Lipinski definition) is 7. The Morgan fingerprint density at radius 2 is 1.71 bits per heavy atom. The monoisotopic (exact) mass is 441 g/mol. The zero-order valence-electron chi connectivity index (χ0n) is 17.6. The Hall–Kier alpha value is -3.53. The predicted molar refractivity (Wildman–Crippen MR) is 119 cm³/mol. The SMILES string of the molecule is COc1cc(NC(=O)CSc2nnc(C)n2-c2cccc(NC(C)=O)c2)cc(OC)c1.